The summed E-state index contributed by atoms with van der Waals surface area (Å²) in [5.74, 6) is -0.711. The van der Waals surface area contributed by atoms with E-state index in [2.05, 4.69) is 16.2 Å². The summed E-state index contributed by atoms with van der Waals surface area (Å²) in [4.78, 5) is 15.4. The lowest BCUT2D eigenvalue weighted by Crippen LogP contribution is -2.14. The molecular formula is C12H12N6O. The molecule has 0 aliphatic carbocycles. The van der Waals surface area contributed by atoms with Gasteiger partial charge < -0.3 is 11.5 Å². The second kappa shape index (κ2) is 4.42. The van der Waals surface area contributed by atoms with Gasteiger partial charge in [-0.05, 0) is 19.9 Å². The monoisotopic (exact) mass is 256 g/mol. The van der Waals surface area contributed by atoms with Crippen molar-refractivity contribution in [1.82, 2.24) is 14.8 Å². The number of anilines is 1. The van der Waals surface area contributed by atoms with Gasteiger partial charge in [-0.25, -0.2) is 4.68 Å². The van der Waals surface area contributed by atoms with E-state index in [0.717, 1.165) is 5.69 Å². The summed E-state index contributed by atoms with van der Waals surface area (Å²) in [6.07, 6.45) is 1.45. The third kappa shape index (κ3) is 2.11. The molecule has 7 nitrogen and oxygen atoms in total. The lowest BCUT2D eigenvalue weighted by Gasteiger charge is -2.07. The van der Waals surface area contributed by atoms with Crippen LogP contribution in [-0.4, -0.2) is 20.7 Å². The predicted molar refractivity (Wildman–Crippen MR) is 68.5 cm³/mol. The van der Waals surface area contributed by atoms with Crippen molar-refractivity contribution in [2.45, 2.75) is 13.8 Å². The summed E-state index contributed by atoms with van der Waals surface area (Å²) in [7, 11) is 0. The number of nitrogens with two attached hydrogens (primary N) is 2. The van der Waals surface area contributed by atoms with Crippen LogP contribution in [0.2, 0.25) is 0 Å². The Morgan fingerprint density at radius 1 is 1.47 bits per heavy atom. The summed E-state index contributed by atoms with van der Waals surface area (Å²) >= 11 is 0. The maximum atomic E-state index is 11.1. The number of carbonyl (C=O) groups is 1. The molecule has 0 fully saturated rings. The standard InChI is InChI=1S/C12H12N6O/c1-6-3-10(8(4-13)7(2)16-6)18-5-9(14)11(17-18)12(15)19/h3,5H,14H2,1-2H3,(H2,15,19). The lowest BCUT2D eigenvalue weighted by molar-refractivity contribution is 0.0996. The molecule has 96 valence electrons. The molecule has 2 heterocycles. The van der Waals surface area contributed by atoms with Gasteiger partial charge in [-0.1, -0.05) is 0 Å². The van der Waals surface area contributed by atoms with Gasteiger partial charge in [-0.15, -0.1) is 0 Å². The molecule has 2 aromatic heterocycles. The number of nitrogen functional groups attached to an aromatic ring is 1. The minimum Gasteiger partial charge on any atom is -0.396 e. The van der Waals surface area contributed by atoms with Crippen LogP contribution >= 0.6 is 0 Å². The SMILES string of the molecule is Cc1cc(-n2cc(N)c(C(N)=O)n2)c(C#N)c(C)n1. The number of primary amides is 1. The van der Waals surface area contributed by atoms with Crippen molar-refractivity contribution < 1.29 is 4.79 Å². The molecule has 0 aromatic carbocycles. The summed E-state index contributed by atoms with van der Waals surface area (Å²) in [6, 6.07) is 3.76. The topological polar surface area (TPSA) is 124 Å². The second-order valence-electron chi connectivity index (χ2n) is 4.10. The molecule has 2 aromatic rings. The minimum absolute atomic E-state index is 0.0176. The first kappa shape index (κ1) is 12.6. The normalized spacial score (nSPS) is 10.2. The molecule has 19 heavy (non-hydrogen) atoms. The van der Waals surface area contributed by atoms with E-state index in [9.17, 15) is 10.1 Å². The summed E-state index contributed by atoms with van der Waals surface area (Å²) in [6.45, 7) is 3.54. The number of carbonyl (C=O) groups excluding carboxylic acids is 1. The molecule has 0 radical (unpaired) electrons. The highest BCUT2D eigenvalue weighted by Crippen LogP contribution is 2.20. The predicted octanol–water partition coefficient (Wildman–Crippen LogP) is 0.437. The Balaban J connectivity index is 2.69. The van der Waals surface area contributed by atoms with E-state index in [-0.39, 0.29) is 11.4 Å². The molecule has 0 saturated carbocycles. The fraction of sp³-hybridized carbons (Fsp3) is 0.167. The Morgan fingerprint density at radius 2 is 2.16 bits per heavy atom. The van der Waals surface area contributed by atoms with E-state index < -0.39 is 5.91 Å². The number of nitriles is 1. The number of aryl methyl sites for hydroxylation is 2. The number of hydrogen-bond acceptors (Lipinski definition) is 5. The van der Waals surface area contributed by atoms with Crippen molar-refractivity contribution >= 4 is 11.6 Å². The molecular weight excluding hydrogens is 244 g/mol. The van der Waals surface area contributed by atoms with Crippen LogP contribution in [0.15, 0.2) is 12.3 Å². The van der Waals surface area contributed by atoms with E-state index in [1.807, 2.05) is 0 Å². The quantitative estimate of drug-likeness (QED) is 0.806. The van der Waals surface area contributed by atoms with Crippen molar-refractivity contribution in [1.29, 1.82) is 5.26 Å². The Labute approximate surface area is 109 Å². The third-order valence-corrected chi connectivity index (χ3v) is 2.64. The Kier molecular flexibility index (Phi) is 2.92. The van der Waals surface area contributed by atoms with Crippen LogP contribution in [0, 0.1) is 25.2 Å². The summed E-state index contributed by atoms with van der Waals surface area (Å²) < 4.78 is 1.37. The highest BCUT2D eigenvalue weighted by Gasteiger charge is 2.16. The van der Waals surface area contributed by atoms with Gasteiger partial charge >= 0.3 is 0 Å². The van der Waals surface area contributed by atoms with Crippen molar-refractivity contribution in [2.24, 2.45) is 5.73 Å². The number of hydrogen-bond donors (Lipinski definition) is 2. The summed E-state index contributed by atoms with van der Waals surface area (Å²) in [5.41, 5.74) is 13.2. The number of pyridine rings is 1. The van der Waals surface area contributed by atoms with E-state index in [1.165, 1.54) is 10.9 Å². The molecule has 0 aliphatic rings. The van der Waals surface area contributed by atoms with Crippen LogP contribution in [0.4, 0.5) is 5.69 Å². The molecule has 0 aliphatic heterocycles. The van der Waals surface area contributed by atoms with Crippen LogP contribution in [0.25, 0.3) is 5.69 Å². The van der Waals surface area contributed by atoms with Gasteiger partial charge in [0, 0.05) is 5.69 Å². The zero-order valence-electron chi connectivity index (χ0n) is 10.5. The van der Waals surface area contributed by atoms with Gasteiger partial charge in [0.2, 0.25) is 0 Å². The molecule has 0 unspecified atom stereocenters. The fourth-order valence-corrected chi connectivity index (χ4v) is 1.83. The number of nitrogens with zero attached hydrogens (tertiary/aromatic N) is 4. The van der Waals surface area contributed by atoms with Crippen LogP contribution in [0.1, 0.15) is 27.4 Å². The molecule has 0 bridgehead atoms. The average Bonchev–Trinajstić information content (AvgIpc) is 2.70. The van der Waals surface area contributed by atoms with Crippen molar-refractivity contribution in [3.63, 3.8) is 0 Å². The second-order valence-corrected chi connectivity index (χ2v) is 4.10. The van der Waals surface area contributed by atoms with Crippen molar-refractivity contribution in [2.75, 3.05) is 5.73 Å². The first-order valence-electron chi connectivity index (χ1n) is 5.47. The fourth-order valence-electron chi connectivity index (χ4n) is 1.83. The zero-order valence-corrected chi connectivity index (χ0v) is 10.5. The van der Waals surface area contributed by atoms with Crippen LogP contribution in [0.5, 0.6) is 0 Å². The Bertz CT molecular complexity index is 710. The largest absolute Gasteiger partial charge is 0.396 e. The van der Waals surface area contributed by atoms with E-state index in [4.69, 9.17) is 11.5 Å². The molecule has 0 saturated heterocycles. The van der Waals surface area contributed by atoms with Gasteiger partial charge in [0.05, 0.1) is 28.8 Å². The maximum Gasteiger partial charge on any atom is 0.271 e. The molecule has 1 amide bonds. The molecule has 0 spiro atoms. The first-order chi connectivity index (χ1) is 8.93. The van der Waals surface area contributed by atoms with E-state index >= 15 is 0 Å². The lowest BCUT2D eigenvalue weighted by atomic mass is 10.1. The highest BCUT2D eigenvalue weighted by molar-refractivity contribution is 5.95. The van der Waals surface area contributed by atoms with Crippen molar-refractivity contribution in [3.8, 4) is 11.8 Å². The maximum absolute atomic E-state index is 11.1. The smallest absolute Gasteiger partial charge is 0.271 e. The van der Waals surface area contributed by atoms with Crippen molar-refractivity contribution in [3.05, 3.63) is 34.9 Å². The molecule has 4 N–H and O–H groups in total. The first-order valence-corrected chi connectivity index (χ1v) is 5.47. The van der Waals surface area contributed by atoms with E-state index in [0.29, 0.717) is 16.9 Å². The van der Waals surface area contributed by atoms with Crippen LogP contribution < -0.4 is 11.5 Å². The third-order valence-electron chi connectivity index (χ3n) is 2.64. The molecule has 7 heteroatoms. The Hall–Kier alpha value is -2.88. The van der Waals surface area contributed by atoms with Crippen LogP contribution in [-0.2, 0) is 0 Å². The molecule has 2 rings (SSSR count). The number of aromatic nitrogens is 3. The zero-order chi connectivity index (χ0) is 14.2. The van der Waals surface area contributed by atoms with Gasteiger partial charge in [0.15, 0.2) is 5.69 Å². The van der Waals surface area contributed by atoms with Gasteiger partial charge in [-0.3, -0.25) is 9.78 Å². The highest BCUT2D eigenvalue weighted by atomic mass is 16.1. The molecule has 0 atom stereocenters. The van der Waals surface area contributed by atoms with Gasteiger partial charge in [0.25, 0.3) is 5.91 Å². The minimum atomic E-state index is -0.711. The Morgan fingerprint density at radius 3 is 2.68 bits per heavy atom. The average molecular weight is 256 g/mol. The number of amides is 1. The van der Waals surface area contributed by atoms with E-state index in [1.54, 1.807) is 19.9 Å². The van der Waals surface area contributed by atoms with Gasteiger partial charge in [-0.2, -0.15) is 10.4 Å². The number of rotatable bonds is 2. The van der Waals surface area contributed by atoms with Gasteiger partial charge in [0.1, 0.15) is 6.07 Å². The van der Waals surface area contributed by atoms with Crippen LogP contribution in [0.3, 0.4) is 0 Å². The summed E-state index contributed by atoms with van der Waals surface area (Å²) in [5, 5.41) is 13.2.